The molecule has 0 N–H and O–H groups in total. The smallest absolute Gasteiger partial charge is 0.163 e. The van der Waals surface area contributed by atoms with Crippen LogP contribution in [0.15, 0.2) is 54.7 Å². The van der Waals surface area contributed by atoms with Crippen molar-refractivity contribution in [2.45, 2.75) is 19.3 Å². The molecular formula is C20H18NO3-. The van der Waals surface area contributed by atoms with Gasteiger partial charge in [0, 0.05) is 48.0 Å². The first-order chi connectivity index (χ1) is 11.5. The summed E-state index contributed by atoms with van der Waals surface area (Å²) in [6.07, 6.45) is 1.66. The van der Waals surface area contributed by atoms with Crippen LogP contribution in [0.2, 0.25) is 0 Å². The van der Waals surface area contributed by atoms with Gasteiger partial charge in [0.25, 0.3) is 0 Å². The second-order valence-electron chi connectivity index (χ2n) is 6.08. The number of carboxylic acids is 1. The Balaban J connectivity index is 1.96. The fourth-order valence-corrected chi connectivity index (χ4v) is 3.01. The lowest BCUT2D eigenvalue weighted by Gasteiger charge is -2.17. The molecule has 0 spiro atoms. The van der Waals surface area contributed by atoms with E-state index in [0.29, 0.717) is 11.1 Å². The minimum absolute atomic E-state index is 0.112. The minimum atomic E-state index is -1.23. The van der Waals surface area contributed by atoms with E-state index in [4.69, 9.17) is 0 Å². The zero-order valence-electron chi connectivity index (χ0n) is 13.7. The maximum atomic E-state index is 12.5. The maximum absolute atomic E-state index is 12.5. The third-order valence-corrected chi connectivity index (χ3v) is 4.35. The van der Waals surface area contributed by atoms with Gasteiger partial charge in [-0.2, -0.15) is 0 Å². The van der Waals surface area contributed by atoms with Crippen molar-refractivity contribution >= 4 is 22.7 Å². The number of benzene rings is 2. The van der Waals surface area contributed by atoms with Crippen molar-refractivity contribution in [1.82, 2.24) is 4.57 Å². The van der Waals surface area contributed by atoms with E-state index in [1.54, 1.807) is 18.3 Å². The molecule has 0 radical (unpaired) electrons. The predicted molar refractivity (Wildman–Crippen MR) is 90.8 cm³/mol. The van der Waals surface area contributed by atoms with Crippen LogP contribution in [0.4, 0.5) is 0 Å². The molecule has 0 aliphatic rings. The quantitative estimate of drug-likeness (QED) is 0.679. The van der Waals surface area contributed by atoms with E-state index in [9.17, 15) is 14.7 Å². The maximum Gasteiger partial charge on any atom is 0.163 e. The number of ketones is 1. The van der Waals surface area contributed by atoms with E-state index in [1.807, 2.05) is 54.9 Å². The Bertz CT molecular complexity index is 906. The number of hydrogen-bond donors (Lipinski definition) is 0. The van der Waals surface area contributed by atoms with Gasteiger partial charge in [-0.3, -0.25) is 4.79 Å². The van der Waals surface area contributed by atoms with Crippen LogP contribution in [0.5, 0.6) is 0 Å². The van der Waals surface area contributed by atoms with Crippen molar-refractivity contribution < 1.29 is 14.7 Å². The lowest BCUT2D eigenvalue weighted by atomic mass is 9.91. The molecule has 3 aromatic rings. The number of carboxylic acid groups (broad SMARTS) is 1. The SMILES string of the molecule is Cc1ccc(C(=O)C[C@H](C(=O)[O-])c2cn(C)c3ccccc23)cc1. The summed E-state index contributed by atoms with van der Waals surface area (Å²) in [7, 11) is 1.86. The van der Waals surface area contributed by atoms with Crippen molar-refractivity contribution in [1.29, 1.82) is 0 Å². The van der Waals surface area contributed by atoms with Crippen molar-refractivity contribution in [3.05, 3.63) is 71.4 Å². The van der Waals surface area contributed by atoms with E-state index in [2.05, 4.69) is 0 Å². The molecule has 4 nitrogen and oxygen atoms in total. The molecule has 0 bridgehead atoms. The van der Waals surface area contributed by atoms with Gasteiger partial charge < -0.3 is 14.5 Å². The molecular weight excluding hydrogens is 302 g/mol. The number of rotatable bonds is 5. The molecule has 1 heterocycles. The summed E-state index contributed by atoms with van der Waals surface area (Å²) in [5.41, 5.74) is 3.12. The fraction of sp³-hybridized carbons (Fsp3) is 0.200. The summed E-state index contributed by atoms with van der Waals surface area (Å²) >= 11 is 0. The van der Waals surface area contributed by atoms with Crippen LogP contribution in [0.1, 0.15) is 33.8 Å². The zero-order valence-corrected chi connectivity index (χ0v) is 13.7. The first kappa shape index (κ1) is 16.0. The van der Waals surface area contributed by atoms with Crippen molar-refractivity contribution in [2.75, 3.05) is 0 Å². The Labute approximate surface area is 140 Å². The van der Waals surface area contributed by atoms with Gasteiger partial charge in [-0.05, 0) is 18.6 Å². The second kappa shape index (κ2) is 6.32. The number of aryl methyl sites for hydroxylation is 2. The lowest BCUT2D eigenvalue weighted by Crippen LogP contribution is -2.31. The number of aliphatic carboxylic acids is 1. The summed E-state index contributed by atoms with van der Waals surface area (Å²) in [6.45, 7) is 1.94. The third-order valence-electron chi connectivity index (χ3n) is 4.35. The Morgan fingerprint density at radius 1 is 1.08 bits per heavy atom. The van der Waals surface area contributed by atoms with Gasteiger partial charge in [0.15, 0.2) is 5.78 Å². The van der Waals surface area contributed by atoms with E-state index in [-0.39, 0.29) is 12.2 Å². The average Bonchev–Trinajstić information content (AvgIpc) is 2.90. The van der Waals surface area contributed by atoms with Gasteiger partial charge in [-0.15, -0.1) is 0 Å². The van der Waals surface area contributed by atoms with E-state index in [0.717, 1.165) is 16.5 Å². The fourth-order valence-electron chi connectivity index (χ4n) is 3.01. The highest BCUT2D eigenvalue weighted by Crippen LogP contribution is 2.30. The van der Waals surface area contributed by atoms with Gasteiger partial charge in [0.2, 0.25) is 0 Å². The van der Waals surface area contributed by atoms with Crippen LogP contribution in [-0.2, 0) is 11.8 Å². The summed E-state index contributed by atoms with van der Waals surface area (Å²) in [5, 5.41) is 12.5. The molecule has 0 saturated carbocycles. The highest BCUT2D eigenvalue weighted by molar-refractivity contribution is 6.00. The van der Waals surface area contributed by atoms with Crippen LogP contribution in [-0.4, -0.2) is 16.3 Å². The minimum Gasteiger partial charge on any atom is -0.549 e. The van der Waals surface area contributed by atoms with Crippen molar-refractivity contribution in [3.63, 3.8) is 0 Å². The number of carbonyl (C=O) groups is 2. The normalized spacial score (nSPS) is 12.2. The molecule has 2 aromatic carbocycles. The van der Waals surface area contributed by atoms with E-state index < -0.39 is 11.9 Å². The molecule has 0 aliphatic heterocycles. The molecule has 3 rings (SSSR count). The van der Waals surface area contributed by atoms with Crippen molar-refractivity contribution in [3.8, 4) is 0 Å². The average molecular weight is 320 g/mol. The van der Waals surface area contributed by atoms with Gasteiger partial charge >= 0.3 is 0 Å². The first-order valence-corrected chi connectivity index (χ1v) is 7.82. The zero-order chi connectivity index (χ0) is 17.3. The molecule has 0 unspecified atom stereocenters. The number of nitrogens with zero attached hydrogens (tertiary/aromatic N) is 1. The van der Waals surface area contributed by atoms with E-state index in [1.165, 1.54) is 0 Å². The van der Waals surface area contributed by atoms with Gasteiger partial charge in [0.1, 0.15) is 0 Å². The van der Waals surface area contributed by atoms with Crippen LogP contribution >= 0.6 is 0 Å². The van der Waals surface area contributed by atoms with Crippen LogP contribution < -0.4 is 5.11 Å². The molecule has 122 valence electrons. The molecule has 0 saturated heterocycles. The number of fused-ring (bicyclic) bond motifs is 1. The topological polar surface area (TPSA) is 62.1 Å². The molecule has 24 heavy (non-hydrogen) atoms. The summed E-state index contributed by atoms with van der Waals surface area (Å²) < 4.78 is 1.87. The first-order valence-electron chi connectivity index (χ1n) is 7.82. The molecule has 4 heteroatoms. The number of Topliss-reactive ketones (excluding diaryl/α,β-unsaturated/α-hetero) is 1. The predicted octanol–water partition coefficient (Wildman–Crippen LogP) is 2.59. The van der Waals surface area contributed by atoms with Gasteiger partial charge in [-0.1, -0.05) is 48.0 Å². The van der Waals surface area contributed by atoms with Crippen LogP contribution in [0.3, 0.4) is 0 Å². The Hall–Kier alpha value is -2.88. The molecule has 0 aliphatic carbocycles. The second-order valence-corrected chi connectivity index (χ2v) is 6.08. The van der Waals surface area contributed by atoms with E-state index >= 15 is 0 Å². The number of hydrogen-bond acceptors (Lipinski definition) is 3. The summed E-state index contributed by atoms with van der Waals surface area (Å²) in [6, 6.07) is 14.7. The van der Waals surface area contributed by atoms with Gasteiger partial charge in [0.05, 0.1) is 0 Å². The largest absolute Gasteiger partial charge is 0.549 e. The molecule has 0 fully saturated rings. The Morgan fingerprint density at radius 2 is 1.75 bits per heavy atom. The summed E-state index contributed by atoms with van der Waals surface area (Å²) in [4.78, 5) is 24.2. The standard InChI is InChI=1S/C20H19NO3/c1-13-7-9-14(10-8-13)19(22)11-16(20(23)24)17-12-21(2)18-6-4-3-5-15(17)18/h3-10,12,16H,11H2,1-2H3,(H,23,24)/p-1/t16-/m0/s1. The Kier molecular flexibility index (Phi) is 4.21. The lowest BCUT2D eigenvalue weighted by molar-refractivity contribution is -0.307. The highest BCUT2D eigenvalue weighted by atomic mass is 16.4. The Morgan fingerprint density at radius 3 is 2.42 bits per heavy atom. The highest BCUT2D eigenvalue weighted by Gasteiger charge is 2.22. The van der Waals surface area contributed by atoms with Crippen LogP contribution in [0, 0.1) is 6.92 Å². The number of para-hydroxylation sites is 1. The number of carbonyl (C=O) groups excluding carboxylic acids is 2. The number of aromatic nitrogens is 1. The van der Waals surface area contributed by atoms with Crippen LogP contribution in [0.25, 0.3) is 10.9 Å². The van der Waals surface area contributed by atoms with Gasteiger partial charge in [-0.25, -0.2) is 0 Å². The molecule has 1 atom stereocenters. The monoisotopic (exact) mass is 320 g/mol. The third kappa shape index (κ3) is 2.95. The summed E-state index contributed by atoms with van der Waals surface area (Å²) in [5.74, 6) is -2.39. The molecule has 1 aromatic heterocycles. The van der Waals surface area contributed by atoms with Crippen molar-refractivity contribution in [2.24, 2.45) is 7.05 Å². The molecule has 0 amide bonds.